The molecule has 0 bridgehead atoms. The second kappa shape index (κ2) is 8.50. The first-order valence-electron chi connectivity index (χ1n) is 11.3. The molecule has 1 unspecified atom stereocenters. The number of thioether (sulfide) groups is 1. The quantitative estimate of drug-likeness (QED) is 0.328. The van der Waals surface area contributed by atoms with Crippen LogP contribution in [0.2, 0.25) is 0 Å². The molecule has 0 aliphatic carbocycles. The van der Waals surface area contributed by atoms with Crippen LogP contribution >= 0.6 is 11.8 Å². The molecule has 0 aliphatic rings. The highest BCUT2D eigenvalue weighted by Gasteiger charge is 2.24. The molecule has 3 aromatic heterocycles. The van der Waals surface area contributed by atoms with Gasteiger partial charge in [-0.05, 0) is 54.8 Å². The van der Waals surface area contributed by atoms with Crippen LogP contribution in [-0.2, 0) is 0 Å². The molecule has 0 amide bonds. The lowest BCUT2D eigenvalue weighted by molar-refractivity contribution is 0.545. The van der Waals surface area contributed by atoms with E-state index < -0.39 is 0 Å². The second-order valence-electron chi connectivity index (χ2n) is 8.33. The average Bonchev–Trinajstić information content (AvgIpc) is 3.49. The van der Waals surface area contributed by atoms with Crippen molar-refractivity contribution in [3.63, 3.8) is 0 Å². The minimum absolute atomic E-state index is 0.128. The molecule has 7 heteroatoms. The number of H-pyrrole nitrogens is 2. The van der Waals surface area contributed by atoms with E-state index in [1.54, 1.807) is 11.8 Å². The maximum atomic E-state index is 14.1. The van der Waals surface area contributed by atoms with Crippen LogP contribution in [0.25, 0.3) is 44.4 Å². The van der Waals surface area contributed by atoms with Gasteiger partial charge in [0.15, 0.2) is 5.69 Å². The van der Waals surface area contributed by atoms with E-state index in [0.717, 1.165) is 56.7 Å². The standard InChI is InChI=1S/C27H23N5OS/c1-34-15-14-24(26-30-19-10-4-5-11-20(19)31-26)32-23-13-7-6-12-21(23)29-25(27(32)33)22-16-17-8-2-3-9-18(17)28-22/h2-13,16,24,28H,14-15H2,1H3,(H,30,31). The average molecular weight is 466 g/mol. The number of fused-ring (bicyclic) bond motifs is 3. The number of aromatic amines is 2. The van der Waals surface area contributed by atoms with Crippen molar-refractivity contribution in [2.24, 2.45) is 0 Å². The topological polar surface area (TPSA) is 79.4 Å². The number of nitrogens with zero attached hydrogens (tertiary/aromatic N) is 3. The number of hydrogen-bond acceptors (Lipinski definition) is 4. The summed E-state index contributed by atoms with van der Waals surface area (Å²) in [6.45, 7) is 0. The fourth-order valence-electron chi connectivity index (χ4n) is 4.59. The second-order valence-corrected chi connectivity index (χ2v) is 9.32. The van der Waals surface area contributed by atoms with Crippen LogP contribution in [0, 0.1) is 0 Å². The predicted molar refractivity (Wildman–Crippen MR) is 141 cm³/mol. The molecule has 3 aromatic carbocycles. The van der Waals surface area contributed by atoms with E-state index >= 15 is 0 Å². The zero-order chi connectivity index (χ0) is 23.1. The van der Waals surface area contributed by atoms with Gasteiger partial charge >= 0.3 is 0 Å². The highest BCUT2D eigenvalue weighted by molar-refractivity contribution is 7.98. The molecule has 2 N–H and O–H groups in total. The van der Waals surface area contributed by atoms with Crippen molar-refractivity contribution in [1.29, 1.82) is 0 Å². The Balaban J connectivity index is 1.62. The van der Waals surface area contributed by atoms with E-state index in [1.807, 2.05) is 83.4 Å². The highest BCUT2D eigenvalue weighted by atomic mass is 32.2. The molecule has 0 fully saturated rings. The van der Waals surface area contributed by atoms with Crippen molar-refractivity contribution in [3.05, 3.63) is 95.0 Å². The first-order chi connectivity index (χ1) is 16.7. The number of benzene rings is 3. The van der Waals surface area contributed by atoms with Gasteiger partial charge in [-0.25, -0.2) is 9.97 Å². The zero-order valence-corrected chi connectivity index (χ0v) is 19.5. The molecule has 6 aromatic rings. The number of nitrogens with one attached hydrogen (secondary N) is 2. The Kier molecular flexibility index (Phi) is 5.19. The van der Waals surface area contributed by atoms with E-state index in [9.17, 15) is 4.79 Å². The number of rotatable bonds is 6. The molecule has 6 nitrogen and oxygen atoms in total. The minimum Gasteiger partial charge on any atom is -0.353 e. The SMILES string of the molecule is CSCCC(c1nc2ccccc2[nH]1)n1c(=O)c(-c2cc3ccccc3[nH]2)nc2ccccc21. The molecule has 6 rings (SSSR count). The van der Waals surface area contributed by atoms with Gasteiger partial charge in [0.1, 0.15) is 5.82 Å². The summed E-state index contributed by atoms with van der Waals surface area (Å²) < 4.78 is 1.87. The molecular weight excluding hydrogens is 442 g/mol. The predicted octanol–water partition coefficient (Wildman–Crippen LogP) is 5.76. The van der Waals surface area contributed by atoms with Crippen LogP contribution in [-0.4, -0.2) is 36.5 Å². The number of imidazole rings is 1. The van der Waals surface area contributed by atoms with Gasteiger partial charge in [-0.3, -0.25) is 9.36 Å². The lowest BCUT2D eigenvalue weighted by atomic mass is 10.1. The Morgan fingerprint density at radius 1 is 0.882 bits per heavy atom. The highest BCUT2D eigenvalue weighted by Crippen LogP contribution is 2.28. The molecule has 34 heavy (non-hydrogen) atoms. The van der Waals surface area contributed by atoms with Crippen molar-refractivity contribution >= 4 is 44.7 Å². The van der Waals surface area contributed by atoms with Crippen LogP contribution in [0.4, 0.5) is 0 Å². The third-order valence-corrected chi connectivity index (χ3v) is 6.85. The first kappa shape index (κ1) is 20.7. The third-order valence-electron chi connectivity index (χ3n) is 6.21. The van der Waals surface area contributed by atoms with Gasteiger partial charge in [0.2, 0.25) is 0 Å². The van der Waals surface area contributed by atoms with Crippen molar-refractivity contribution in [2.45, 2.75) is 12.5 Å². The summed E-state index contributed by atoms with van der Waals surface area (Å²) in [5.41, 5.74) is 5.44. The largest absolute Gasteiger partial charge is 0.353 e. The van der Waals surface area contributed by atoms with Crippen LogP contribution in [0.1, 0.15) is 18.3 Å². The van der Waals surface area contributed by atoms with E-state index in [4.69, 9.17) is 9.97 Å². The molecule has 0 radical (unpaired) electrons. The van der Waals surface area contributed by atoms with Gasteiger partial charge in [0.05, 0.1) is 33.8 Å². The molecule has 0 saturated carbocycles. The van der Waals surface area contributed by atoms with E-state index in [2.05, 4.69) is 16.2 Å². The van der Waals surface area contributed by atoms with Crippen LogP contribution in [0.15, 0.2) is 83.7 Å². The summed E-state index contributed by atoms with van der Waals surface area (Å²) in [6, 6.07) is 25.6. The lowest BCUT2D eigenvalue weighted by Gasteiger charge is -2.21. The zero-order valence-electron chi connectivity index (χ0n) is 18.7. The molecule has 0 aliphatic heterocycles. The van der Waals surface area contributed by atoms with E-state index in [-0.39, 0.29) is 11.6 Å². The molecular formula is C27H23N5OS. The monoisotopic (exact) mass is 465 g/mol. The summed E-state index contributed by atoms with van der Waals surface area (Å²) >= 11 is 1.76. The smallest absolute Gasteiger partial charge is 0.279 e. The summed E-state index contributed by atoms with van der Waals surface area (Å²) in [5, 5.41) is 1.05. The molecule has 0 spiro atoms. The third kappa shape index (κ3) is 3.49. The van der Waals surface area contributed by atoms with Crippen molar-refractivity contribution < 1.29 is 0 Å². The normalized spacial score (nSPS) is 12.6. The van der Waals surface area contributed by atoms with Crippen LogP contribution in [0.5, 0.6) is 0 Å². The Morgan fingerprint density at radius 2 is 1.62 bits per heavy atom. The summed E-state index contributed by atoms with van der Waals surface area (Å²) in [7, 11) is 0. The maximum absolute atomic E-state index is 14.1. The van der Waals surface area contributed by atoms with Crippen molar-refractivity contribution in [3.8, 4) is 11.4 Å². The number of hydrogen-bond donors (Lipinski definition) is 2. The molecule has 0 saturated heterocycles. The van der Waals surface area contributed by atoms with Crippen molar-refractivity contribution in [1.82, 2.24) is 24.5 Å². The first-order valence-corrected chi connectivity index (χ1v) is 12.7. The summed E-state index contributed by atoms with van der Waals surface area (Å²) in [5.74, 6) is 1.68. The van der Waals surface area contributed by atoms with Gasteiger partial charge in [0, 0.05) is 10.9 Å². The van der Waals surface area contributed by atoms with Gasteiger partial charge in [-0.1, -0.05) is 42.5 Å². The van der Waals surface area contributed by atoms with Gasteiger partial charge in [0.25, 0.3) is 5.56 Å². The Bertz CT molecular complexity index is 1630. The lowest BCUT2D eigenvalue weighted by Crippen LogP contribution is -2.29. The fourth-order valence-corrected chi connectivity index (χ4v) is 5.05. The summed E-state index contributed by atoms with van der Waals surface area (Å²) in [6.07, 6.45) is 2.85. The van der Waals surface area contributed by atoms with Gasteiger partial charge < -0.3 is 9.97 Å². The van der Waals surface area contributed by atoms with Crippen LogP contribution in [0.3, 0.4) is 0 Å². The van der Waals surface area contributed by atoms with E-state index in [1.165, 1.54) is 0 Å². The molecule has 1 atom stereocenters. The Labute approximate surface area is 200 Å². The number of para-hydroxylation sites is 5. The summed E-state index contributed by atoms with van der Waals surface area (Å²) in [4.78, 5) is 30.6. The van der Waals surface area contributed by atoms with Gasteiger partial charge in [-0.15, -0.1) is 0 Å². The Hall–Kier alpha value is -3.84. The van der Waals surface area contributed by atoms with Crippen LogP contribution < -0.4 is 5.56 Å². The van der Waals surface area contributed by atoms with Crippen molar-refractivity contribution in [2.75, 3.05) is 12.0 Å². The fraction of sp³-hybridized carbons (Fsp3) is 0.148. The molecule has 3 heterocycles. The van der Waals surface area contributed by atoms with Gasteiger partial charge in [-0.2, -0.15) is 11.8 Å². The minimum atomic E-state index is -0.247. The Morgan fingerprint density at radius 3 is 2.41 bits per heavy atom. The molecule has 168 valence electrons. The number of aromatic nitrogens is 5. The maximum Gasteiger partial charge on any atom is 0.279 e. The van der Waals surface area contributed by atoms with E-state index in [0.29, 0.717) is 5.69 Å².